The van der Waals surface area contributed by atoms with Crippen LogP contribution in [-0.4, -0.2) is 37.2 Å². The first-order valence-corrected chi connectivity index (χ1v) is 31.1. The molecule has 6 heteroatoms. The maximum Gasteiger partial charge on any atom is 0.306 e. The van der Waals surface area contributed by atoms with Crippen LogP contribution in [0.1, 0.15) is 329 Å². The van der Waals surface area contributed by atoms with E-state index >= 15 is 0 Å². The van der Waals surface area contributed by atoms with Crippen molar-refractivity contribution in [1.82, 2.24) is 0 Å². The molecule has 0 saturated carbocycles. The Morgan fingerprint density at radius 1 is 0.282 bits per heavy atom. The van der Waals surface area contributed by atoms with Gasteiger partial charge in [-0.3, -0.25) is 14.4 Å². The van der Waals surface area contributed by atoms with Crippen molar-refractivity contribution in [3.05, 3.63) is 48.6 Å². The van der Waals surface area contributed by atoms with E-state index in [9.17, 15) is 14.4 Å². The highest BCUT2D eigenvalue weighted by Gasteiger charge is 2.19. The van der Waals surface area contributed by atoms with Crippen LogP contribution >= 0.6 is 0 Å². The minimum atomic E-state index is -0.783. The van der Waals surface area contributed by atoms with Crippen molar-refractivity contribution < 1.29 is 28.6 Å². The summed E-state index contributed by atoms with van der Waals surface area (Å²) in [6.45, 7) is 6.64. The number of carbonyl (C=O) groups excluding carboxylic acids is 3. The summed E-state index contributed by atoms with van der Waals surface area (Å²) < 4.78 is 16.9. The summed E-state index contributed by atoms with van der Waals surface area (Å²) in [4.78, 5) is 38.3. The van der Waals surface area contributed by atoms with Crippen LogP contribution in [-0.2, 0) is 28.6 Å². The predicted molar refractivity (Wildman–Crippen MR) is 307 cm³/mol. The maximum atomic E-state index is 12.9. The summed E-state index contributed by atoms with van der Waals surface area (Å²) in [6.07, 6.45) is 73.9. The number of ether oxygens (including phenoxy) is 3. The third-order valence-corrected chi connectivity index (χ3v) is 13.8. The van der Waals surface area contributed by atoms with Gasteiger partial charge < -0.3 is 14.2 Å². The van der Waals surface area contributed by atoms with Crippen molar-refractivity contribution in [2.45, 2.75) is 335 Å². The van der Waals surface area contributed by atoms with Gasteiger partial charge in [-0.25, -0.2) is 0 Å². The van der Waals surface area contributed by atoms with Crippen LogP contribution in [0.3, 0.4) is 0 Å². The lowest BCUT2D eigenvalue weighted by atomic mass is 10.1. The first-order chi connectivity index (χ1) is 35.0. The zero-order valence-electron chi connectivity index (χ0n) is 47.5. The van der Waals surface area contributed by atoms with Crippen molar-refractivity contribution in [3.63, 3.8) is 0 Å². The SMILES string of the molecule is CCCCC/C=C\C/C=C\CCCCCCCC(=O)OC[C@H](COC(=O)CCCCCCCCC/C=C\CCCCCCCCCC)OC(=O)CCCCCCCCC/C=C\CCCCCCCCCC. The number of carbonyl (C=O) groups is 3. The summed E-state index contributed by atoms with van der Waals surface area (Å²) >= 11 is 0. The lowest BCUT2D eigenvalue weighted by Crippen LogP contribution is -2.30. The first-order valence-electron chi connectivity index (χ1n) is 31.1. The van der Waals surface area contributed by atoms with Gasteiger partial charge in [-0.15, -0.1) is 0 Å². The molecule has 0 rings (SSSR count). The smallest absolute Gasteiger partial charge is 0.306 e. The molecule has 0 aromatic rings. The maximum absolute atomic E-state index is 12.9. The number of allylic oxidation sites excluding steroid dienone is 8. The van der Waals surface area contributed by atoms with Gasteiger partial charge >= 0.3 is 17.9 Å². The molecule has 6 nitrogen and oxygen atoms in total. The molecule has 0 radical (unpaired) electrons. The molecule has 0 aliphatic heterocycles. The predicted octanol–water partition coefficient (Wildman–Crippen LogP) is 21.0. The van der Waals surface area contributed by atoms with Gasteiger partial charge in [-0.2, -0.15) is 0 Å². The molecular formula is C65H118O6. The van der Waals surface area contributed by atoms with E-state index in [2.05, 4.69) is 69.4 Å². The average Bonchev–Trinajstić information content (AvgIpc) is 3.37. The van der Waals surface area contributed by atoms with Gasteiger partial charge in [0.25, 0.3) is 0 Å². The molecule has 0 bridgehead atoms. The Bertz CT molecular complexity index is 1230. The highest BCUT2D eigenvalue weighted by atomic mass is 16.6. The normalized spacial score (nSPS) is 12.3. The standard InChI is InChI=1S/C65H118O6/c1-4-7-10-13-16-19-22-25-28-30-32-34-37-40-43-46-49-52-55-58-64(67)70-61-62(60-69-63(66)57-54-51-48-45-42-39-36-27-24-21-18-15-12-9-6-3)71-65(68)59-56-53-50-47-44-41-38-35-33-31-29-26-23-20-17-14-11-8-5-2/h18,21,27,30-33,36,62H,4-17,19-20,22-26,28-29,34-35,37-61H2,1-3H3/b21-18-,32-30-,33-31-,36-27-/t62-/m1/s1. The van der Waals surface area contributed by atoms with Crippen LogP contribution < -0.4 is 0 Å². The lowest BCUT2D eigenvalue weighted by molar-refractivity contribution is -0.167. The molecule has 0 fully saturated rings. The van der Waals surface area contributed by atoms with E-state index in [1.54, 1.807) is 0 Å². The summed E-state index contributed by atoms with van der Waals surface area (Å²) in [6, 6.07) is 0. The Morgan fingerprint density at radius 3 is 0.817 bits per heavy atom. The van der Waals surface area contributed by atoms with Gasteiger partial charge in [-0.1, -0.05) is 256 Å². The molecule has 0 aromatic heterocycles. The van der Waals surface area contributed by atoms with Crippen molar-refractivity contribution in [3.8, 4) is 0 Å². The third kappa shape index (κ3) is 58.1. The zero-order valence-corrected chi connectivity index (χ0v) is 47.5. The lowest BCUT2D eigenvalue weighted by Gasteiger charge is -2.18. The minimum Gasteiger partial charge on any atom is -0.462 e. The Balaban J connectivity index is 4.37. The summed E-state index contributed by atoms with van der Waals surface area (Å²) in [7, 11) is 0. The van der Waals surface area contributed by atoms with Gasteiger partial charge in [0, 0.05) is 19.3 Å². The van der Waals surface area contributed by atoms with Gasteiger partial charge in [-0.05, 0) is 103 Å². The Kier molecular flexibility index (Phi) is 57.7. The minimum absolute atomic E-state index is 0.0799. The molecule has 0 spiro atoms. The van der Waals surface area contributed by atoms with Crippen LogP contribution in [0.5, 0.6) is 0 Å². The summed E-state index contributed by atoms with van der Waals surface area (Å²) in [5.74, 6) is -0.885. The van der Waals surface area contributed by atoms with Crippen molar-refractivity contribution >= 4 is 17.9 Å². The zero-order chi connectivity index (χ0) is 51.4. The van der Waals surface area contributed by atoms with Crippen LogP contribution in [0.2, 0.25) is 0 Å². The van der Waals surface area contributed by atoms with E-state index in [4.69, 9.17) is 14.2 Å². The number of esters is 3. The van der Waals surface area contributed by atoms with Gasteiger partial charge in [0.1, 0.15) is 13.2 Å². The van der Waals surface area contributed by atoms with E-state index < -0.39 is 6.10 Å². The van der Waals surface area contributed by atoms with Gasteiger partial charge in [0.15, 0.2) is 6.10 Å². The molecule has 71 heavy (non-hydrogen) atoms. The Labute approximate surface area is 441 Å². The fraction of sp³-hybridized carbons (Fsp3) is 0.831. The van der Waals surface area contributed by atoms with E-state index in [0.717, 1.165) is 77.0 Å². The average molecular weight is 996 g/mol. The van der Waals surface area contributed by atoms with Crippen molar-refractivity contribution in [2.24, 2.45) is 0 Å². The fourth-order valence-electron chi connectivity index (χ4n) is 9.05. The van der Waals surface area contributed by atoms with E-state index in [1.807, 2.05) is 0 Å². The molecule has 0 aromatic carbocycles. The van der Waals surface area contributed by atoms with Crippen LogP contribution in [0.4, 0.5) is 0 Å². The molecule has 0 amide bonds. The highest BCUT2D eigenvalue weighted by molar-refractivity contribution is 5.71. The second-order valence-corrected chi connectivity index (χ2v) is 21.0. The molecule has 414 valence electrons. The van der Waals surface area contributed by atoms with Crippen molar-refractivity contribution in [1.29, 1.82) is 0 Å². The van der Waals surface area contributed by atoms with E-state index in [1.165, 1.54) is 212 Å². The third-order valence-electron chi connectivity index (χ3n) is 13.8. The van der Waals surface area contributed by atoms with Crippen LogP contribution in [0.15, 0.2) is 48.6 Å². The first kappa shape index (κ1) is 68.4. The molecule has 1 atom stereocenters. The Hall–Kier alpha value is -2.63. The van der Waals surface area contributed by atoms with Crippen molar-refractivity contribution in [2.75, 3.05) is 13.2 Å². The van der Waals surface area contributed by atoms with Crippen LogP contribution in [0.25, 0.3) is 0 Å². The molecule has 0 saturated heterocycles. The second-order valence-electron chi connectivity index (χ2n) is 21.0. The Morgan fingerprint density at radius 2 is 0.507 bits per heavy atom. The fourth-order valence-corrected chi connectivity index (χ4v) is 9.05. The number of unbranched alkanes of at least 4 members (excludes halogenated alkanes) is 38. The topological polar surface area (TPSA) is 78.9 Å². The number of hydrogen-bond acceptors (Lipinski definition) is 6. The monoisotopic (exact) mass is 995 g/mol. The second kappa shape index (κ2) is 59.9. The largest absolute Gasteiger partial charge is 0.462 e. The molecule has 0 aliphatic rings. The summed E-state index contributed by atoms with van der Waals surface area (Å²) in [5, 5.41) is 0. The van der Waals surface area contributed by atoms with Gasteiger partial charge in [0.2, 0.25) is 0 Å². The molecular weight excluding hydrogens is 877 g/mol. The molecule has 0 heterocycles. The number of rotatable bonds is 57. The quantitative estimate of drug-likeness (QED) is 0.0261. The number of hydrogen-bond donors (Lipinski definition) is 0. The molecule has 0 aliphatic carbocycles. The summed E-state index contributed by atoms with van der Waals surface area (Å²) in [5.41, 5.74) is 0. The highest BCUT2D eigenvalue weighted by Crippen LogP contribution is 2.16. The van der Waals surface area contributed by atoms with Crippen LogP contribution in [0, 0.1) is 0 Å². The van der Waals surface area contributed by atoms with Gasteiger partial charge in [0.05, 0.1) is 0 Å². The van der Waals surface area contributed by atoms with E-state index in [0.29, 0.717) is 19.3 Å². The molecule has 0 unspecified atom stereocenters. The molecule has 0 N–H and O–H groups in total. The van der Waals surface area contributed by atoms with E-state index in [-0.39, 0.29) is 31.1 Å².